The maximum absolute atomic E-state index is 6.52. The number of H-pyrrole nitrogens is 1. The first-order chi connectivity index (χ1) is 40.1. The summed E-state index contributed by atoms with van der Waals surface area (Å²) in [7, 11) is 0. The molecule has 0 saturated heterocycles. The highest BCUT2D eigenvalue weighted by Gasteiger charge is 2.25. The van der Waals surface area contributed by atoms with Crippen LogP contribution in [0, 0.1) is 0 Å². The molecular formula is C70H41ClN8O2. The number of furan rings is 2. The standard InChI is InChI=1S/C35H20N4O.C22H13NO.C13H8ClN3/c1-2-11-21(12-3-1)31-32-26(17-10-20-36-32)37-35(38-31)39-27-18-8-6-15-24(27)29-30-25-16-7-9-19-28(25)40-34(30)23-14-5-4-13-22(23)33(29)39;1-2-8-14-13(7-1)21-19(15-9-3-5-11-17(15)23-21)20-16-10-4-6-12-18(16)24-22(14)20;14-13-16-10-7-4-8-15-12(10)11(17-13)9-5-2-1-3-6-9/h1-20H;1-12,23H;1-8H. The molecule has 1 N–H and O–H groups in total. The van der Waals surface area contributed by atoms with E-state index in [9.17, 15) is 0 Å². The zero-order valence-corrected chi connectivity index (χ0v) is 43.7. The molecule has 380 valence electrons. The van der Waals surface area contributed by atoms with Crippen LogP contribution in [0.3, 0.4) is 0 Å². The quantitative estimate of drug-likeness (QED) is 0.174. The first-order valence-corrected chi connectivity index (χ1v) is 27.0. The van der Waals surface area contributed by atoms with E-state index in [0.29, 0.717) is 5.95 Å². The van der Waals surface area contributed by atoms with Crippen LogP contribution in [-0.4, -0.2) is 39.5 Å². The van der Waals surface area contributed by atoms with Gasteiger partial charge in [-0.2, -0.15) is 0 Å². The number of hydrogen-bond donors (Lipinski definition) is 1. The number of benzene rings is 10. The van der Waals surface area contributed by atoms with Gasteiger partial charge in [-0.15, -0.1) is 0 Å². The Labute approximate surface area is 465 Å². The Bertz CT molecular complexity index is 5410. The molecule has 0 bridgehead atoms. The fourth-order valence-corrected chi connectivity index (χ4v) is 12.1. The fraction of sp³-hybridized carbons (Fsp3) is 0. The van der Waals surface area contributed by atoms with Crippen molar-refractivity contribution in [2.24, 2.45) is 0 Å². The Kier molecular flexibility index (Phi) is 10.7. The second-order valence-electron chi connectivity index (χ2n) is 19.9. The van der Waals surface area contributed by atoms with Crippen molar-refractivity contribution in [3.8, 4) is 28.5 Å². The van der Waals surface area contributed by atoms with E-state index in [1.54, 1.807) is 12.4 Å². The van der Waals surface area contributed by atoms with Crippen LogP contribution in [0.15, 0.2) is 252 Å². The van der Waals surface area contributed by atoms with E-state index in [1.807, 2.05) is 97.1 Å². The number of fused-ring (bicyclic) bond motifs is 22. The van der Waals surface area contributed by atoms with E-state index in [2.05, 4.69) is 163 Å². The van der Waals surface area contributed by atoms with Crippen LogP contribution in [0.2, 0.25) is 5.28 Å². The molecule has 0 saturated carbocycles. The minimum atomic E-state index is 0.240. The molecule has 18 aromatic rings. The predicted octanol–water partition coefficient (Wildman–Crippen LogP) is 18.6. The van der Waals surface area contributed by atoms with Gasteiger partial charge in [0.1, 0.15) is 44.8 Å². The average molecular weight is 1060 g/mol. The summed E-state index contributed by atoms with van der Waals surface area (Å²) in [5.74, 6) is 0.614. The highest BCUT2D eigenvalue weighted by Crippen LogP contribution is 2.47. The Hall–Kier alpha value is -10.8. The van der Waals surface area contributed by atoms with Crippen molar-refractivity contribution in [3.05, 3.63) is 248 Å². The van der Waals surface area contributed by atoms with Crippen molar-refractivity contribution in [2.75, 3.05) is 0 Å². The molecule has 0 aliphatic rings. The zero-order chi connectivity index (χ0) is 53.5. The molecule has 10 aromatic carbocycles. The summed E-state index contributed by atoms with van der Waals surface area (Å²) in [6.45, 7) is 0. The number of aromatic amines is 1. The zero-order valence-electron chi connectivity index (χ0n) is 42.9. The number of hydrogen-bond acceptors (Lipinski definition) is 8. The number of nitrogens with zero attached hydrogens (tertiary/aromatic N) is 7. The lowest BCUT2D eigenvalue weighted by molar-refractivity contribution is 0.672. The second kappa shape index (κ2) is 18.7. The Morgan fingerprint density at radius 1 is 0.370 bits per heavy atom. The van der Waals surface area contributed by atoms with Gasteiger partial charge < -0.3 is 13.8 Å². The van der Waals surface area contributed by atoms with Gasteiger partial charge in [0.05, 0.1) is 27.6 Å². The van der Waals surface area contributed by atoms with Gasteiger partial charge in [0.2, 0.25) is 11.2 Å². The molecule has 0 fully saturated rings. The predicted molar refractivity (Wildman–Crippen MR) is 330 cm³/mol. The highest BCUT2D eigenvalue weighted by molar-refractivity contribution is 6.37. The van der Waals surface area contributed by atoms with Crippen molar-refractivity contribution < 1.29 is 8.83 Å². The van der Waals surface area contributed by atoms with Gasteiger partial charge in [0, 0.05) is 93.7 Å². The highest BCUT2D eigenvalue weighted by atomic mass is 35.5. The van der Waals surface area contributed by atoms with Crippen LogP contribution in [0.5, 0.6) is 0 Å². The summed E-state index contributed by atoms with van der Waals surface area (Å²) in [5, 5.41) is 14.1. The molecule has 18 rings (SSSR count). The molecule has 11 heteroatoms. The molecule has 10 nitrogen and oxygen atoms in total. The summed E-state index contributed by atoms with van der Waals surface area (Å²) in [6, 6.07) is 78.2. The van der Waals surface area contributed by atoms with E-state index >= 15 is 0 Å². The molecule has 0 aliphatic carbocycles. The van der Waals surface area contributed by atoms with Gasteiger partial charge in [-0.3, -0.25) is 14.5 Å². The lowest BCUT2D eigenvalue weighted by atomic mass is 9.99. The lowest BCUT2D eigenvalue weighted by Crippen LogP contribution is -2.04. The molecule has 0 atom stereocenters. The average Bonchev–Trinajstić information content (AvgIpc) is 3.82. The Morgan fingerprint density at radius 3 is 1.49 bits per heavy atom. The molecule has 0 unspecified atom stereocenters. The SMILES string of the molecule is Clc1nc(-c2ccccc2)c2ncccc2n1.c1ccc(-c2nc(-n3c4ccccc4c4c5c6ccccc6oc5c5ccccc5c43)nc3cccnc23)cc1.c1ccc2c(c1)[nH]c1c3ccccc3c3oc4ccccc4c3c21. The third kappa shape index (κ3) is 7.42. The van der Waals surface area contributed by atoms with Crippen molar-refractivity contribution in [1.82, 2.24) is 39.5 Å². The van der Waals surface area contributed by atoms with Gasteiger partial charge in [-0.1, -0.05) is 182 Å². The van der Waals surface area contributed by atoms with Gasteiger partial charge in [-0.05, 0) is 60.1 Å². The van der Waals surface area contributed by atoms with Crippen LogP contribution in [0.4, 0.5) is 0 Å². The number of para-hydroxylation sites is 4. The van der Waals surface area contributed by atoms with E-state index < -0.39 is 0 Å². The molecule has 0 radical (unpaired) electrons. The van der Waals surface area contributed by atoms with Gasteiger partial charge in [-0.25, -0.2) is 19.9 Å². The number of rotatable bonds is 3. The number of pyridine rings is 2. The largest absolute Gasteiger partial charge is 0.455 e. The summed E-state index contributed by atoms with van der Waals surface area (Å²) in [5.41, 5.74) is 14.8. The number of halogens is 1. The maximum Gasteiger partial charge on any atom is 0.235 e. The fourth-order valence-electron chi connectivity index (χ4n) is 11.9. The third-order valence-electron chi connectivity index (χ3n) is 15.3. The van der Waals surface area contributed by atoms with Crippen LogP contribution in [0.1, 0.15) is 0 Å². The minimum absolute atomic E-state index is 0.240. The van der Waals surface area contributed by atoms with Gasteiger partial charge in [0.15, 0.2) is 0 Å². The Balaban J connectivity index is 0.000000112. The first-order valence-electron chi connectivity index (χ1n) is 26.6. The molecule has 0 aliphatic heterocycles. The van der Waals surface area contributed by atoms with Crippen molar-refractivity contribution in [1.29, 1.82) is 0 Å². The summed E-state index contributed by atoms with van der Waals surface area (Å²) in [4.78, 5) is 31.4. The summed E-state index contributed by atoms with van der Waals surface area (Å²) in [6.07, 6.45) is 3.53. The van der Waals surface area contributed by atoms with Crippen LogP contribution >= 0.6 is 11.6 Å². The van der Waals surface area contributed by atoms with E-state index in [-0.39, 0.29) is 5.28 Å². The van der Waals surface area contributed by atoms with E-state index in [4.69, 9.17) is 30.4 Å². The molecule has 8 aromatic heterocycles. The minimum Gasteiger partial charge on any atom is -0.455 e. The first kappa shape index (κ1) is 46.3. The molecule has 0 spiro atoms. The topological polar surface area (TPSA) is 124 Å². The van der Waals surface area contributed by atoms with Gasteiger partial charge in [0.25, 0.3) is 0 Å². The summed E-state index contributed by atoms with van der Waals surface area (Å²) < 4.78 is 15.0. The van der Waals surface area contributed by atoms with Crippen molar-refractivity contribution in [3.63, 3.8) is 0 Å². The lowest BCUT2D eigenvalue weighted by Gasteiger charge is -2.12. The van der Waals surface area contributed by atoms with E-state index in [1.165, 1.54) is 32.4 Å². The second-order valence-corrected chi connectivity index (χ2v) is 20.2. The number of nitrogens with one attached hydrogen (secondary N) is 1. The maximum atomic E-state index is 6.52. The van der Waals surface area contributed by atoms with Gasteiger partial charge >= 0.3 is 0 Å². The number of aromatic nitrogens is 8. The molecule has 0 amide bonds. The smallest absolute Gasteiger partial charge is 0.235 e. The van der Waals surface area contributed by atoms with Crippen LogP contribution in [-0.2, 0) is 0 Å². The van der Waals surface area contributed by atoms with Crippen LogP contribution < -0.4 is 0 Å². The summed E-state index contributed by atoms with van der Waals surface area (Å²) >= 11 is 5.92. The third-order valence-corrected chi connectivity index (χ3v) is 15.5. The van der Waals surface area contributed by atoms with Crippen molar-refractivity contribution >= 4 is 143 Å². The normalized spacial score (nSPS) is 11.8. The molecule has 8 heterocycles. The van der Waals surface area contributed by atoms with E-state index in [0.717, 1.165) is 121 Å². The van der Waals surface area contributed by atoms with Crippen LogP contribution in [0.25, 0.3) is 160 Å². The van der Waals surface area contributed by atoms with Crippen molar-refractivity contribution in [2.45, 2.75) is 0 Å². The molecule has 81 heavy (non-hydrogen) atoms. The Morgan fingerprint density at radius 2 is 0.852 bits per heavy atom. The molecular weight excluding hydrogens is 1020 g/mol. The monoisotopic (exact) mass is 1060 g/mol.